The van der Waals surface area contributed by atoms with Gasteiger partial charge in [0.2, 0.25) is 5.91 Å². The molecule has 0 saturated carbocycles. The molecule has 0 aromatic heterocycles. The summed E-state index contributed by atoms with van der Waals surface area (Å²) in [4.78, 5) is 13.4. The molecule has 0 aliphatic carbocycles. The Morgan fingerprint density at radius 2 is 0.711 bits per heavy atom. The van der Waals surface area contributed by atoms with Crippen molar-refractivity contribution in [2.75, 3.05) is 26.4 Å². The van der Waals surface area contributed by atoms with E-state index in [0.29, 0.717) is 12.8 Å². The molecule has 90 heavy (non-hydrogen) atoms. The smallest absolute Gasteiger partial charge is 0.220 e. The first-order valence-corrected chi connectivity index (χ1v) is 36.6. The summed E-state index contributed by atoms with van der Waals surface area (Å²) in [6.07, 6.45) is 34.5. The topological polar surface area (TPSA) is 307 Å². The third kappa shape index (κ3) is 34.8. The van der Waals surface area contributed by atoms with Crippen molar-refractivity contribution in [3.63, 3.8) is 0 Å². The quantitative estimate of drug-likeness (QED) is 0.0199. The van der Waals surface area contributed by atoms with Gasteiger partial charge in [-0.3, -0.25) is 4.79 Å². The zero-order valence-electron chi connectivity index (χ0n) is 56.1. The number of rotatable bonds is 57. The number of amides is 1. The number of aliphatic hydroxyl groups excluding tert-OH is 11. The molecule has 17 unspecified atom stereocenters. The maximum atomic E-state index is 13.4. The largest absolute Gasteiger partial charge is 0.394 e. The van der Waals surface area contributed by atoms with Gasteiger partial charge in [0.1, 0.15) is 73.2 Å². The first-order valence-electron chi connectivity index (χ1n) is 36.6. The lowest BCUT2D eigenvalue weighted by Crippen LogP contribution is -2.66. The Hall–Kier alpha value is -1.73. The molecule has 530 valence electrons. The van der Waals surface area contributed by atoms with E-state index in [1.807, 2.05) is 6.08 Å². The van der Waals surface area contributed by atoms with Gasteiger partial charge in [-0.2, -0.15) is 0 Å². The van der Waals surface area contributed by atoms with Crippen LogP contribution in [0.4, 0.5) is 0 Å². The number of carbonyl (C=O) groups excluding carboxylic acids is 1. The second kappa shape index (κ2) is 53.4. The van der Waals surface area contributed by atoms with E-state index in [0.717, 1.165) is 38.5 Å². The van der Waals surface area contributed by atoms with Gasteiger partial charge >= 0.3 is 0 Å². The summed E-state index contributed by atoms with van der Waals surface area (Å²) in [5.41, 5.74) is 0. The number of nitrogens with one attached hydrogen (secondary N) is 1. The van der Waals surface area contributed by atoms with Crippen molar-refractivity contribution in [2.45, 2.75) is 394 Å². The standard InChI is InChI=1S/C71H133NO18/c1-3-5-7-9-11-13-15-17-19-21-22-23-24-25-26-27-28-29-30-31-33-34-36-38-40-42-44-46-48-55(76)54(72-59(77)49-47-45-43-41-39-37-35-32-20-18-16-14-12-10-8-6-4-2)53-85-69-65(83)62(80)67(57(51-74)87-69)90-71-66(84)63(81)68(58(52-75)88-71)89-70-64(82)61(79)60(78)56(50-73)86-70/h38,40,46,48,54-58,60-71,73-76,78-84H,3-37,39,41-45,47,49-53H2,1-2H3,(H,72,77)/b40-38+,48-46+. The summed E-state index contributed by atoms with van der Waals surface area (Å²) in [6, 6.07) is -0.987. The maximum Gasteiger partial charge on any atom is 0.220 e. The predicted molar refractivity (Wildman–Crippen MR) is 351 cm³/mol. The van der Waals surface area contributed by atoms with Crippen molar-refractivity contribution in [3.05, 3.63) is 24.3 Å². The van der Waals surface area contributed by atoms with Crippen LogP contribution in [0, 0.1) is 0 Å². The third-order valence-corrected chi connectivity index (χ3v) is 18.5. The molecule has 19 heteroatoms. The van der Waals surface area contributed by atoms with Gasteiger partial charge in [-0.15, -0.1) is 0 Å². The summed E-state index contributed by atoms with van der Waals surface area (Å²) >= 11 is 0. The highest BCUT2D eigenvalue weighted by Gasteiger charge is 2.53. The lowest BCUT2D eigenvalue weighted by Gasteiger charge is -2.48. The fraction of sp³-hybridized carbons (Fsp3) is 0.930. The van der Waals surface area contributed by atoms with Crippen molar-refractivity contribution in [1.82, 2.24) is 5.32 Å². The minimum Gasteiger partial charge on any atom is -0.394 e. The highest BCUT2D eigenvalue weighted by Crippen LogP contribution is 2.33. The highest BCUT2D eigenvalue weighted by atomic mass is 16.8. The van der Waals surface area contributed by atoms with E-state index < -0.39 is 124 Å². The normalized spacial score (nSPS) is 28.1. The maximum absolute atomic E-state index is 13.4. The monoisotopic (exact) mass is 1290 g/mol. The predicted octanol–water partition coefficient (Wildman–Crippen LogP) is 10.2. The van der Waals surface area contributed by atoms with Crippen molar-refractivity contribution in [1.29, 1.82) is 0 Å². The van der Waals surface area contributed by atoms with Crippen LogP contribution < -0.4 is 5.32 Å². The molecule has 0 bridgehead atoms. The van der Waals surface area contributed by atoms with Gasteiger partial charge in [-0.05, 0) is 32.1 Å². The van der Waals surface area contributed by atoms with Gasteiger partial charge in [-0.1, -0.05) is 276 Å². The van der Waals surface area contributed by atoms with Crippen molar-refractivity contribution in [3.8, 4) is 0 Å². The fourth-order valence-corrected chi connectivity index (χ4v) is 12.6. The second-order valence-electron chi connectivity index (χ2n) is 26.4. The minimum absolute atomic E-state index is 0.240. The van der Waals surface area contributed by atoms with Gasteiger partial charge in [0, 0.05) is 6.42 Å². The molecule has 19 nitrogen and oxygen atoms in total. The van der Waals surface area contributed by atoms with E-state index >= 15 is 0 Å². The van der Waals surface area contributed by atoms with Gasteiger partial charge < -0.3 is 89.9 Å². The lowest BCUT2D eigenvalue weighted by atomic mass is 9.96. The van der Waals surface area contributed by atoms with E-state index in [4.69, 9.17) is 28.4 Å². The van der Waals surface area contributed by atoms with E-state index in [1.54, 1.807) is 6.08 Å². The lowest BCUT2D eigenvalue weighted by molar-refractivity contribution is -0.379. The molecule has 0 radical (unpaired) electrons. The molecule has 3 aliphatic rings. The summed E-state index contributed by atoms with van der Waals surface area (Å²) in [6.45, 7) is 1.75. The number of hydrogen-bond donors (Lipinski definition) is 12. The summed E-state index contributed by atoms with van der Waals surface area (Å²) < 4.78 is 34.4. The average Bonchev–Trinajstić information content (AvgIpc) is 1.05. The number of allylic oxidation sites excluding steroid dienone is 3. The molecule has 3 heterocycles. The molecular formula is C71H133NO18. The molecule has 12 N–H and O–H groups in total. The summed E-state index contributed by atoms with van der Waals surface area (Å²) in [5, 5.41) is 121. The van der Waals surface area contributed by atoms with Crippen LogP contribution in [0.2, 0.25) is 0 Å². The minimum atomic E-state index is -1.98. The Labute approximate surface area is 543 Å². The Balaban J connectivity index is 1.42. The molecular weight excluding hydrogens is 1150 g/mol. The van der Waals surface area contributed by atoms with E-state index in [9.17, 15) is 61.0 Å². The van der Waals surface area contributed by atoms with Crippen molar-refractivity contribution >= 4 is 5.91 Å². The van der Waals surface area contributed by atoms with Gasteiger partial charge in [0.25, 0.3) is 0 Å². The third-order valence-electron chi connectivity index (χ3n) is 18.5. The molecule has 1 amide bonds. The van der Waals surface area contributed by atoms with Crippen LogP contribution in [0.25, 0.3) is 0 Å². The number of unbranched alkanes of at least 4 members (excludes halogenated alkanes) is 39. The van der Waals surface area contributed by atoms with Crippen molar-refractivity contribution in [2.24, 2.45) is 0 Å². The summed E-state index contributed by atoms with van der Waals surface area (Å²) in [7, 11) is 0. The van der Waals surface area contributed by atoms with Crippen LogP contribution in [-0.4, -0.2) is 193 Å². The molecule has 3 fully saturated rings. The molecule has 0 aromatic carbocycles. The SMILES string of the molecule is CCCCCCCCCCCCCCCCCCCCCCCC/C=C/CC/C=C/C(O)C(COC1OC(CO)C(OC2OC(CO)C(OC3OC(CO)C(O)C(O)C3O)C(O)C2O)C(O)C1O)NC(=O)CCCCCCCCCCCCCCCCCCC. The van der Waals surface area contributed by atoms with Gasteiger partial charge in [-0.25, -0.2) is 0 Å². The number of ether oxygens (including phenoxy) is 6. The molecule has 0 aromatic rings. The zero-order valence-corrected chi connectivity index (χ0v) is 56.1. The van der Waals surface area contributed by atoms with Crippen LogP contribution in [0.5, 0.6) is 0 Å². The molecule has 17 atom stereocenters. The van der Waals surface area contributed by atoms with Gasteiger partial charge in [0.05, 0.1) is 38.6 Å². The van der Waals surface area contributed by atoms with Crippen LogP contribution in [0.3, 0.4) is 0 Å². The molecule has 3 rings (SSSR count). The van der Waals surface area contributed by atoms with Crippen LogP contribution >= 0.6 is 0 Å². The van der Waals surface area contributed by atoms with Crippen LogP contribution in [0.15, 0.2) is 24.3 Å². The highest BCUT2D eigenvalue weighted by molar-refractivity contribution is 5.76. The van der Waals surface area contributed by atoms with E-state index in [2.05, 4.69) is 31.3 Å². The Morgan fingerprint density at radius 1 is 0.389 bits per heavy atom. The van der Waals surface area contributed by atoms with Crippen molar-refractivity contribution < 1.29 is 89.4 Å². The van der Waals surface area contributed by atoms with E-state index in [1.165, 1.54) is 218 Å². The number of carbonyl (C=O) groups is 1. The number of hydrogen-bond acceptors (Lipinski definition) is 18. The van der Waals surface area contributed by atoms with Crippen LogP contribution in [0.1, 0.15) is 290 Å². The Bertz CT molecular complexity index is 1730. The molecule has 0 spiro atoms. The zero-order chi connectivity index (χ0) is 65.4. The fourth-order valence-electron chi connectivity index (χ4n) is 12.6. The Kier molecular flexibility index (Phi) is 49.0. The second-order valence-corrected chi connectivity index (χ2v) is 26.4. The molecule has 3 aliphatic heterocycles. The Morgan fingerprint density at radius 3 is 1.11 bits per heavy atom. The van der Waals surface area contributed by atoms with E-state index in [-0.39, 0.29) is 18.9 Å². The number of aliphatic hydroxyl groups is 11. The first-order chi connectivity index (χ1) is 43.8. The molecule has 3 saturated heterocycles. The first kappa shape index (κ1) is 82.5. The average molecular weight is 1290 g/mol. The van der Waals surface area contributed by atoms with Crippen LogP contribution in [-0.2, 0) is 33.2 Å². The van der Waals surface area contributed by atoms with Gasteiger partial charge in [0.15, 0.2) is 18.9 Å². The summed E-state index contributed by atoms with van der Waals surface area (Å²) in [5.74, 6) is -0.280.